The number of halogens is 3. The lowest BCUT2D eigenvalue weighted by Gasteiger charge is -2.17. The van der Waals surface area contributed by atoms with Gasteiger partial charge in [-0.1, -0.05) is 37.0 Å². The maximum absolute atomic E-state index is 6.27. The van der Waals surface area contributed by atoms with Crippen LogP contribution in [0.25, 0.3) is 11.3 Å². The van der Waals surface area contributed by atoms with Crippen LogP contribution >= 0.6 is 39.1 Å². The van der Waals surface area contributed by atoms with Gasteiger partial charge in [-0.15, -0.1) is 0 Å². The van der Waals surface area contributed by atoms with Gasteiger partial charge in [0.2, 0.25) is 0 Å². The fraction of sp³-hybridized carbons (Fsp3) is 0.375. The van der Waals surface area contributed by atoms with Gasteiger partial charge >= 0.3 is 0 Å². The molecular formula is C16H18BrCl2N3. The number of hydrogen-bond acceptors (Lipinski definition) is 3. The minimum atomic E-state index is 0.384. The Kier molecular flexibility index (Phi) is 6.07. The van der Waals surface area contributed by atoms with E-state index in [0.717, 1.165) is 35.6 Å². The van der Waals surface area contributed by atoms with E-state index in [4.69, 9.17) is 23.2 Å². The predicted molar refractivity (Wildman–Crippen MR) is 97.9 cm³/mol. The summed E-state index contributed by atoms with van der Waals surface area (Å²) in [5.41, 5.74) is 2.40. The molecule has 0 aliphatic carbocycles. The first-order chi connectivity index (χ1) is 10.5. The smallest absolute Gasteiger partial charge is 0.159 e. The van der Waals surface area contributed by atoms with Crippen LogP contribution in [0.15, 0.2) is 22.8 Å². The SMILES string of the molecule is CCC(CC)Nc1nc(C)c(-c2ccc(Cl)cc2Cl)nc1Br. The van der Waals surface area contributed by atoms with Gasteiger partial charge in [-0.05, 0) is 53.9 Å². The Morgan fingerprint density at radius 1 is 1.18 bits per heavy atom. The third-order valence-electron chi connectivity index (χ3n) is 3.54. The average molecular weight is 403 g/mol. The van der Waals surface area contributed by atoms with Crippen molar-refractivity contribution in [1.29, 1.82) is 0 Å². The molecule has 0 saturated carbocycles. The number of hydrogen-bond donors (Lipinski definition) is 1. The van der Waals surface area contributed by atoms with Crippen molar-refractivity contribution in [3.05, 3.63) is 38.5 Å². The Morgan fingerprint density at radius 3 is 2.45 bits per heavy atom. The van der Waals surface area contributed by atoms with Gasteiger partial charge in [0.05, 0.1) is 16.4 Å². The van der Waals surface area contributed by atoms with Crippen molar-refractivity contribution in [2.75, 3.05) is 5.32 Å². The molecule has 1 N–H and O–H groups in total. The predicted octanol–water partition coefficient (Wildman–Crippen LogP) is 6.12. The van der Waals surface area contributed by atoms with Crippen LogP contribution in [0.5, 0.6) is 0 Å². The Balaban J connectivity index is 2.41. The Hall–Kier alpha value is -0.840. The van der Waals surface area contributed by atoms with Crippen molar-refractivity contribution in [2.45, 2.75) is 39.7 Å². The van der Waals surface area contributed by atoms with Crippen LogP contribution in [0.1, 0.15) is 32.4 Å². The van der Waals surface area contributed by atoms with Gasteiger partial charge in [0.15, 0.2) is 5.82 Å². The first kappa shape index (κ1) is 17.5. The van der Waals surface area contributed by atoms with Gasteiger partial charge in [0.25, 0.3) is 0 Å². The summed E-state index contributed by atoms with van der Waals surface area (Å²) in [6.45, 7) is 6.23. The second-order valence-electron chi connectivity index (χ2n) is 5.08. The topological polar surface area (TPSA) is 37.8 Å². The summed E-state index contributed by atoms with van der Waals surface area (Å²) < 4.78 is 0.686. The summed E-state index contributed by atoms with van der Waals surface area (Å²) in [6, 6.07) is 5.76. The lowest BCUT2D eigenvalue weighted by atomic mass is 10.1. The van der Waals surface area contributed by atoms with Crippen LogP contribution < -0.4 is 5.32 Å². The molecule has 0 amide bonds. The Morgan fingerprint density at radius 2 is 1.86 bits per heavy atom. The first-order valence-corrected chi connectivity index (χ1v) is 8.77. The molecule has 1 aromatic heterocycles. The molecule has 0 unspecified atom stereocenters. The Labute approximate surface area is 149 Å². The lowest BCUT2D eigenvalue weighted by Crippen LogP contribution is -2.19. The highest BCUT2D eigenvalue weighted by Gasteiger charge is 2.15. The van der Waals surface area contributed by atoms with E-state index in [-0.39, 0.29) is 0 Å². The fourth-order valence-electron chi connectivity index (χ4n) is 2.21. The summed E-state index contributed by atoms with van der Waals surface area (Å²) in [7, 11) is 0. The standard InChI is InChI=1S/C16H18BrCl2N3/c1-4-11(5-2)21-16-15(17)22-14(9(3)20-16)12-7-6-10(18)8-13(12)19/h6-8,11H,4-5H2,1-3H3,(H,20,21). The quantitative estimate of drug-likeness (QED) is 0.654. The Bertz CT molecular complexity index is 673. The molecule has 3 nitrogen and oxygen atoms in total. The number of benzene rings is 1. The van der Waals surface area contributed by atoms with Gasteiger partial charge in [0.1, 0.15) is 4.60 Å². The maximum Gasteiger partial charge on any atom is 0.159 e. The van der Waals surface area contributed by atoms with Gasteiger partial charge in [0, 0.05) is 16.6 Å². The van der Waals surface area contributed by atoms with E-state index in [2.05, 4.69) is 45.1 Å². The van der Waals surface area contributed by atoms with Crippen LogP contribution in [-0.4, -0.2) is 16.0 Å². The molecule has 0 radical (unpaired) electrons. The van der Waals surface area contributed by atoms with Crippen LogP contribution in [0.4, 0.5) is 5.82 Å². The first-order valence-electron chi connectivity index (χ1n) is 7.22. The van der Waals surface area contributed by atoms with E-state index in [1.807, 2.05) is 13.0 Å². The second-order valence-corrected chi connectivity index (χ2v) is 6.67. The summed E-state index contributed by atoms with van der Waals surface area (Å²) >= 11 is 15.7. The van der Waals surface area contributed by atoms with Crippen LogP contribution in [0.2, 0.25) is 10.0 Å². The molecule has 0 aliphatic rings. The number of aromatic nitrogens is 2. The molecule has 22 heavy (non-hydrogen) atoms. The zero-order valence-corrected chi connectivity index (χ0v) is 15.8. The largest absolute Gasteiger partial charge is 0.365 e. The maximum atomic E-state index is 6.27. The van der Waals surface area contributed by atoms with E-state index < -0.39 is 0 Å². The zero-order chi connectivity index (χ0) is 16.3. The fourth-order valence-corrected chi connectivity index (χ4v) is 3.09. The zero-order valence-electron chi connectivity index (χ0n) is 12.8. The minimum absolute atomic E-state index is 0.384. The van der Waals surface area contributed by atoms with Gasteiger partial charge < -0.3 is 5.32 Å². The van der Waals surface area contributed by atoms with Crippen molar-refractivity contribution in [3.63, 3.8) is 0 Å². The van der Waals surface area contributed by atoms with E-state index >= 15 is 0 Å². The highest BCUT2D eigenvalue weighted by molar-refractivity contribution is 9.10. The number of rotatable bonds is 5. The number of nitrogens with zero attached hydrogens (tertiary/aromatic N) is 2. The summed E-state index contributed by atoms with van der Waals surface area (Å²) in [6.07, 6.45) is 2.07. The van der Waals surface area contributed by atoms with Crippen molar-refractivity contribution < 1.29 is 0 Å². The highest BCUT2D eigenvalue weighted by atomic mass is 79.9. The van der Waals surface area contributed by atoms with Crippen molar-refractivity contribution in [1.82, 2.24) is 9.97 Å². The van der Waals surface area contributed by atoms with Crippen LogP contribution in [0, 0.1) is 6.92 Å². The molecule has 6 heteroatoms. The molecule has 0 saturated heterocycles. The van der Waals surface area contributed by atoms with E-state index in [1.165, 1.54) is 0 Å². The third-order valence-corrected chi connectivity index (χ3v) is 4.64. The summed E-state index contributed by atoms with van der Waals surface area (Å²) in [5.74, 6) is 0.764. The molecule has 0 atom stereocenters. The van der Waals surface area contributed by atoms with Crippen LogP contribution in [0.3, 0.4) is 0 Å². The van der Waals surface area contributed by atoms with Gasteiger partial charge in [-0.25, -0.2) is 9.97 Å². The monoisotopic (exact) mass is 401 g/mol. The molecule has 0 fully saturated rings. The van der Waals surface area contributed by atoms with Gasteiger partial charge in [-0.3, -0.25) is 0 Å². The normalized spacial score (nSPS) is 11.0. The molecule has 1 aromatic carbocycles. The molecular weight excluding hydrogens is 385 g/mol. The van der Waals surface area contributed by atoms with E-state index in [9.17, 15) is 0 Å². The molecule has 1 heterocycles. The number of aryl methyl sites for hydroxylation is 1. The molecule has 2 rings (SSSR count). The van der Waals surface area contributed by atoms with Crippen molar-refractivity contribution in [2.24, 2.45) is 0 Å². The van der Waals surface area contributed by atoms with Crippen molar-refractivity contribution in [3.8, 4) is 11.3 Å². The highest BCUT2D eigenvalue weighted by Crippen LogP contribution is 2.33. The molecule has 0 bridgehead atoms. The van der Waals surface area contributed by atoms with Crippen LogP contribution in [-0.2, 0) is 0 Å². The van der Waals surface area contributed by atoms with Gasteiger partial charge in [-0.2, -0.15) is 0 Å². The third kappa shape index (κ3) is 3.92. The second kappa shape index (κ2) is 7.62. The molecule has 0 spiro atoms. The van der Waals surface area contributed by atoms with Crippen molar-refractivity contribution >= 4 is 44.9 Å². The molecule has 2 aromatic rings. The number of nitrogens with one attached hydrogen (secondary N) is 1. The average Bonchev–Trinajstić information content (AvgIpc) is 2.48. The summed E-state index contributed by atoms with van der Waals surface area (Å²) in [4.78, 5) is 9.26. The minimum Gasteiger partial charge on any atom is -0.365 e. The molecule has 0 aliphatic heterocycles. The number of anilines is 1. The van der Waals surface area contributed by atoms with E-state index in [1.54, 1.807) is 12.1 Å². The lowest BCUT2D eigenvalue weighted by molar-refractivity contribution is 0.667. The molecule has 118 valence electrons. The summed E-state index contributed by atoms with van der Waals surface area (Å²) in [5, 5.41) is 4.58. The van der Waals surface area contributed by atoms with E-state index in [0.29, 0.717) is 20.7 Å².